The van der Waals surface area contributed by atoms with Gasteiger partial charge in [0.05, 0.1) is 19.2 Å². The van der Waals surface area contributed by atoms with Gasteiger partial charge in [0.25, 0.3) is 0 Å². The number of benzene rings is 2. The number of nitrogens with zero attached hydrogens (tertiary/aromatic N) is 3. The lowest BCUT2D eigenvalue weighted by Crippen LogP contribution is -2.28. The van der Waals surface area contributed by atoms with Gasteiger partial charge in [-0.05, 0) is 41.8 Å². The Morgan fingerprint density at radius 3 is 2.50 bits per heavy atom. The lowest BCUT2D eigenvalue weighted by atomic mass is 9.93. The van der Waals surface area contributed by atoms with Gasteiger partial charge in [-0.3, -0.25) is 0 Å². The van der Waals surface area contributed by atoms with Crippen molar-refractivity contribution < 1.29 is 4.74 Å². The molecule has 5 nitrogen and oxygen atoms in total. The van der Waals surface area contributed by atoms with Gasteiger partial charge in [0.1, 0.15) is 12.1 Å². The highest BCUT2D eigenvalue weighted by Crippen LogP contribution is 2.37. The molecule has 2 unspecified atom stereocenters. The van der Waals surface area contributed by atoms with Gasteiger partial charge in [-0.25, -0.2) is 4.68 Å². The second-order valence-corrected chi connectivity index (χ2v) is 6.72. The van der Waals surface area contributed by atoms with Crippen LogP contribution in [-0.2, 0) is 0 Å². The molecule has 1 aromatic heterocycles. The van der Waals surface area contributed by atoms with E-state index in [0.29, 0.717) is 0 Å². The predicted molar refractivity (Wildman–Crippen MR) is 96.3 cm³/mol. The number of methoxy groups -OCH3 is 1. The Labute approximate surface area is 148 Å². The summed E-state index contributed by atoms with van der Waals surface area (Å²) in [5.74, 6) is 1.66. The van der Waals surface area contributed by atoms with Crippen LogP contribution in [0.4, 0.5) is 5.95 Å². The Bertz CT molecular complexity index is 829. The zero-order chi connectivity index (χ0) is 16.5. The topological polar surface area (TPSA) is 52.0 Å². The molecule has 1 aliphatic heterocycles. The molecule has 0 aliphatic carbocycles. The first-order chi connectivity index (χ1) is 11.7. The van der Waals surface area contributed by atoms with E-state index in [4.69, 9.17) is 4.74 Å². The zero-order valence-electron chi connectivity index (χ0n) is 13.2. The van der Waals surface area contributed by atoms with Crippen molar-refractivity contribution in [3.8, 4) is 5.75 Å². The highest BCUT2D eigenvalue weighted by atomic mass is 79.9. The maximum Gasteiger partial charge on any atom is 0.222 e. The van der Waals surface area contributed by atoms with Crippen LogP contribution in [0.5, 0.6) is 5.75 Å². The summed E-state index contributed by atoms with van der Waals surface area (Å²) < 4.78 is 8.30. The monoisotopic (exact) mass is 384 g/mol. The number of nitrogens with one attached hydrogen (secondary N) is 1. The third kappa shape index (κ3) is 2.78. The molecular weight excluding hydrogens is 368 g/mol. The molecule has 0 fully saturated rings. The summed E-state index contributed by atoms with van der Waals surface area (Å²) in [4.78, 5) is 4.37. The fraction of sp³-hybridized carbons (Fsp3) is 0.222. The third-order valence-electron chi connectivity index (χ3n) is 4.40. The van der Waals surface area contributed by atoms with E-state index in [-0.39, 0.29) is 12.1 Å². The van der Waals surface area contributed by atoms with Crippen molar-refractivity contribution >= 4 is 21.9 Å². The SMILES string of the molecule is COc1ccc(C2CC(c3ccc(Br)cc3)Nc3ncnn32)cc1. The third-order valence-corrected chi connectivity index (χ3v) is 4.93. The number of aromatic nitrogens is 3. The van der Waals surface area contributed by atoms with E-state index in [1.165, 1.54) is 11.1 Å². The van der Waals surface area contributed by atoms with E-state index in [1.54, 1.807) is 13.4 Å². The summed E-state index contributed by atoms with van der Waals surface area (Å²) in [5.41, 5.74) is 2.44. The standard InChI is InChI=1S/C18H17BrN4O/c1-24-15-8-4-13(5-9-15)17-10-16(12-2-6-14(19)7-3-12)22-18-20-11-21-23(17)18/h2-9,11,16-17H,10H2,1H3,(H,20,21,22). The fourth-order valence-corrected chi connectivity index (χ4v) is 3.40. The molecule has 1 N–H and O–H groups in total. The second kappa shape index (κ2) is 6.28. The summed E-state index contributed by atoms with van der Waals surface area (Å²) in [7, 11) is 1.68. The fourth-order valence-electron chi connectivity index (χ4n) is 3.14. The molecular formula is C18H17BrN4O. The number of hydrogen-bond acceptors (Lipinski definition) is 4. The minimum atomic E-state index is 0.142. The maximum atomic E-state index is 5.26. The highest BCUT2D eigenvalue weighted by Gasteiger charge is 2.29. The molecule has 0 saturated carbocycles. The van der Waals surface area contributed by atoms with Crippen molar-refractivity contribution in [3.63, 3.8) is 0 Å². The second-order valence-electron chi connectivity index (χ2n) is 5.80. The average Bonchev–Trinajstić information content (AvgIpc) is 3.10. The van der Waals surface area contributed by atoms with Crippen LogP contribution >= 0.6 is 15.9 Å². The van der Waals surface area contributed by atoms with E-state index in [9.17, 15) is 0 Å². The molecule has 0 bridgehead atoms. The van der Waals surface area contributed by atoms with Gasteiger partial charge >= 0.3 is 0 Å². The summed E-state index contributed by atoms with van der Waals surface area (Å²) >= 11 is 3.49. The van der Waals surface area contributed by atoms with Gasteiger partial charge in [-0.15, -0.1) is 0 Å². The first kappa shape index (κ1) is 15.2. The molecule has 0 spiro atoms. The number of anilines is 1. The lowest BCUT2D eigenvalue weighted by molar-refractivity contribution is 0.411. The van der Waals surface area contributed by atoms with Crippen LogP contribution in [0.2, 0.25) is 0 Å². The molecule has 2 heterocycles. The summed E-state index contributed by atoms with van der Waals surface area (Å²) in [6.07, 6.45) is 2.51. The Morgan fingerprint density at radius 2 is 1.79 bits per heavy atom. The molecule has 0 saturated heterocycles. The van der Waals surface area contributed by atoms with Crippen LogP contribution < -0.4 is 10.1 Å². The van der Waals surface area contributed by atoms with Crippen LogP contribution in [-0.4, -0.2) is 21.9 Å². The number of halogens is 1. The van der Waals surface area contributed by atoms with Gasteiger partial charge in [0.2, 0.25) is 5.95 Å². The maximum absolute atomic E-state index is 5.26. The van der Waals surface area contributed by atoms with Crippen LogP contribution in [0.3, 0.4) is 0 Å². The minimum Gasteiger partial charge on any atom is -0.497 e. The van der Waals surface area contributed by atoms with Gasteiger partial charge in [0.15, 0.2) is 0 Å². The first-order valence-electron chi connectivity index (χ1n) is 7.80. The van der Waals surface area contributed by atoms with E-state index >= 15 is 0 Å². The van der Waals surface area contributed by atoms with Crippen molar-refractivity contribution in [2.75, 3.05) is 12.4 Å². The molecule has 24 heavy (non-hydrogen) atoms. The van der Waals surface area contributed by atoms with Gasteiger partial charge < -0.3 is 10.1 Å². The van der Waals surface area contributed by atoms with Gasteiger partial charge in [-0.1, -0.05) is 40.2 Å². The molecule has 4 rings (SSSR count). The van der Waals surface area contributed by atoms with Gasteiger partial charge in [-0.2, -0.15) is 10.1 Å². The lowest BCUT2D eigenvalue weighted by Gasteiger charge is -2.31. The Balaban J connectivity index is 1.69. The van der Waals surface area contributed by atoms with Crippen molar-refractivity contribution in [2.24, 2.45) is 0 Å². The normalized spacial score (nSPS) is 19.4. The average molecular weight is 385 g/mol. The Morgan fingerprint density at radius 1 is 1.08 bits per heavy atom. The van der Waals surface area contributed by atoms with E-state index in [0.717, 1.165) is 22.6 Å². The zero-order valence-corrected chi connectivity index (χ0v) is 14.8. The molecule has 0 amide bonds. The summed E-state index contributed by atoms with van der Waals surface area (Å²) in [6.45, 7) is 0. The number of hydrogen-bond donors (Lipinski definition) is 1. The Kier molecular flexibility index (Phi) is 3.98. The molecule has 2 aromatic carbocycles. The van der Waals surface area contributed by atoms with Crippen LogP contribution in [0.15, 0.2) is 59.3 Å². The van der Waals surface area contributed by atoms with Crippen molar-refractivity contribution in [1.29, 1.82) is 0 Å². The minimum absolute atomic E-state index is 0.142. The molecule has 6 heteroatoms. The van der Waals surface area contributed by atoms with E-state index in [2.05, 4.69) is 67.7 Å². The van der Waals surface area contributed by atoms with Gasteiger partial charge in [0, 0.05) is 4.47 Å². The molecule has 3 aromatic rings. The molecule has 122 valence electrons. The van der Waals surface area contributed by atoms with Crippen LogP contribution in [0, 0.1) is 0 Å². The molecule has 0 radical (unpaired) electrons. The van der Waals surface area contributed by atoms with Crippen molar-refractivity contribution in [1.82, 2.24) is 14.8 Å². The summed E-state index contributed by atoms with van der Waals surface area (Å²) in [5, 5.41) is 7.89. The number of rotatable bonds is 3. The molecule has 2 atom stereocenters. The largest absolute Gasteiger partial charge is 0.497 e. The van der Waals surface area contributed by atoms with Crippen LogP contribution in [0.25, 0.3) is 0 Å². The van der Waals surface area contributed by atoms with Crippen molar-refractivity contribution in [2.45, 2.75) is 18.5 Å². The van der Waals surface area contributed by atoms with Crippen molar-refractivity contribution in [3.05, 3.63) is 70.5 Å². The molecule has 1 aliphatic rings. The highest BCUT2D eigenvalue weighted by molar-refractivity contribution is 9.10. The first-order valence-corrected chi connectivity index (χ1v) is 8.59. The summed E-state index contributed by atoms with van der Waals surface area (Å²) in [6, 6.07) is 16.9. The van der Waals surface area contributed by atoms with E-state index in [1.807, 2.05) is 16.8 Å². The number of ether oxygens (including phenoxy) is 1. The predicted octanol–water partition coefficient (Wildman–Crippen LogP) is 4.20. The smallest absolute Gasteiger partial charge is 0.222 e. The Hall–Kier alpha value is -2.34. The quantitative estimate of drug-likeness (QED) is 0.735. The van der Waals surface area contributed by atoms with E-state index < -0.39 is 0 Å². The number of fused-ring (bicyclic) bond motifs is 1. The van der Waals surface area contributed by atoms with Crippen LogP contribution in [0.1, 0.15) is 29.6 Å².